The number of hydrogen-bond donors (Lipinski definition) is 8. The van der Waals surface area contributed by atoms with Crippen LogP contribution in [0.4, 0.5) is 26.7 Å². The minimum Gasteiger partial charge on any atom is -0.505 e. The van der Waals surface area contributed by atoms with Gasteiger partial charge in [-0.05, 0) is 68.8 Å². The number of carbonyl (C=O) groups is 7. The molecule has 7 amide bonds. The van der Waals surface area contributed by atoms with Crippen molar-refractivity contribution in [3.8, 4) is 11.5 Å². The minimum atomic E-state index is -1.52. The Kier molecular flexibility index (Phi) is 15.1. The second-order valence-electron chi connectivity index (χ2n) is 17.2. The lowest BCUT2D eigenvalue weighted by Crippen LogP contribution is -2.53. The monoisotopic (exact) mass is 951 g/mol. The van der Waals surface area contributed by atoms with E-state index in [4.69, 9.17) is 31.4 Å². The Balaban J connectivity index is 0.952. The van der Waals surface area contributed by atoms with Crippen LogP contribution in [0.3, 0.4) is 0 Å². The van der Waals surface area contributed by atoms with Crippen LogP contribution in [0.25, 0.3) is 5.57 Å². The van der Waals surface area contributed by atoms with Crippen molar-refractivity contribution in [3.63, 3.8) is 0 Å². The molecule has 0 radical (unpaired) electrons. The summed E-state index contributed by atoms with van der Waals surface area (Å²) in [5.41, 5.74) is 17.9. The fourth-order valence-electron chi connectivity index (χ4n) is 9.23. The normalized spacial score (nSPS) is 20.0. The maximum atomic E-state index is 13.9. The molecule has 21 heteroatoms. The van der Waals surface area contributed by atoms with E-state index in [1.54, 1.807) is 29.2 Å². The summed E-state index contributed by atoms with van der Waals surface area (Å²) in [7, 11) is 1.38. The molecule has 69 heavy (non-hydrogen) atoms. The van der Waals surface area contributed by atoms with Crippen LogP contribution in [0.2, 0.25) is 0 Å². The molecule has 5 atom stereocenters. The Hall–Kier alpha value is -7.65. The van der Waals surface area contributed by atoms with Crippen molar-refractivity contribution in [3.05, 3.63) is 95.3 Å². The van der Waals surface area contributed by atoms with Gasteiger partial charge in [-0.25, -0.2) is 9.59 Å². The average molecular weight is 952 g/mol. The van der Waals surface area contributed by atoms with Gasteiger partial charge in [0.05, 0.1) is 28.6 Å². The summed E-state index contributed by atoms with van der Waals surface area (Å²) in [5.74, 6) is -2.70. The molecular weight excluding hydrogens is 895 g/mol. The highest BCUT2D eigenvalue weighted by molar-refractivity contribution is 6.12. The number of phenolic OH excluding ortho intramolecular Hbond substituents is 2. The minimum absolute atomic E-state index is 0.0671. The van der Waals surface area contributed by atoms with Crippen LogP contribution >= 0.6 is 0 Å². The molecule has 4 aliphatic heterocycles. The molecule has 2 saturated heterocycles. The smallest absolute Gasteiger partial charge is 0.411 e. The number of piperazine rings is 1. The number of imide groups is 1. The number of nitrogens with zero attached hydrogens (tertiary/aromatic N) is 3. The summed E-state index contributed by atoms with van der Waals surface area (Å²) in [6, 6.07) is 12.6. The number of fused-ring (bicyclic) bond motifs is 5. The van der Waals surface area contributed by atoms with Gasteiger partial charge in [0.2, 0.25) is 17.7 Å². The topological polar surface area (TPSA) is 311 Å². The number of phenols is 2. The summed E-state index contributed by atoms with van der Waals surface area (Å²) >= 11 is 0. The molecule has 11 N–H and O–H groups in total. The van der Waals surface area contributed by atoms with Crippen molar-refractivity contribution < 1.29 is 58.0 Å². The van der Waals surface area contributed by atoms with Crippen molar-refractivity contribution in [2.75, 3.05) is 42.7 Å². The highest BCUT2D eigenvalue weighted by Gasteiger charge is 2.76. The molecule has 2 fully saturated rings. The van der Waals surface area contributed by atoms with Crippen LogP contribution < -0.4 is 38.1 Å². The first-order valence-electron chi connectivity index (χ1n) is 22.7. The SMILES string of the molecule is COC12C(=COC(N)=O)c3c(O)c(N)c(C)c(O)c3N1CC1C2N1C(=O)OCc1ccc(NC(=O)C(CCCCN)NC(=O)[C@H](Cc2ccccc2)NC(=O)CCCCCN2C(=O)C=CC2=O)cc1. The fourth-order valence-corrected chi connectivity index (χ4v) is 9.23. The van der Waals surface area contributed by atoms with Crippen LogP contribution in [0, 0.1) is 6.92 Å². The van der Waals surface area contributed by atoms with E-state index in [1.165, 1.54) is 31.1 Å². The molecule has 0 aliphatic carbocycles. The number of aromatic hydroxyl groups is 2. The second kappa shape index (κ2) is 21.1. The van der Waals surface area contributed by atoms with Gasteiger partial charge < -0.3 is 62.5 Å². The highest BCUT2D eigenvalue weighted by atomic mass is 16.6. The molecular formula is C48H57N9O12. The number of primary amides is 1. The van der Waals surface area contributed by atoms with Gasteiger partial charge in [-0.3, -0.25) is 33.8 Å². The van der Waals surface area contributed by atoms with Crippen LogP contribution in [-0.4, -0.2) is 118 Å². The lowest BCUT2D eigenvalue weighted by atomic mass is 9.94. The Morgan fingerprint density at radius 3 is 2.26 bits per heavy atom. The lowest BCUT2D eigenvalue weighted by Gasteiger charge is -2.37. The number of carbonyl (C=O) groups excluding carboxylic acids is 7. The largest absolute Gasteiger partial charge is 0.505 e. The Morgan fingerprint density at radius 1 is 0.884 bits per heavy atom. The first kappa shape index (κ1) is 49.3. The van der Waals surface area contributed by atoms with E-state index < -0.39 is 53.9 Å². The maximum Gasteiger partial charge on any atom is 0.411 e. The standard InChI is InChI=1S/C48H57N9O12/c1-27-39(50)42(62)38-31(26-68-46(51)65)48(67-2)43-34(24-56(48)40(38)41(27)61)57(43)47(66)69-25-29-15-17-30(18-16-29)52-44(63)32(13-8-9-21-49)54-45(64)33(23-28-11-5-3-6-12-28)53-35(58)14-7-4-10-22-55-36(59)19-20-37(55)60/h3,5-6,11-12,15-20,26,32-34,43,61-62H,4,7-10,13-14,21-25,49-50H2,1-2H3,(H2,51,65)(H,52,63)(H,53,58)(H,54,64)/t32?,33-,34?,43?,48?,57?/m0/s1. The van der Waals surface area contributed by atoms with Gasteiger partial charge in [-0.1, -0.05) is 48.9 Å². The first-order valence-corrected chi connectivity index (χ1v) is 22.7. The van der Waals surface area contributed by atoms with Gasteiger partial charge in [0, 0.05) is 56.4 Å². The molecule has 21 nitrogen and oxygen atoms in total. The van der Waals surface area contributed by atoms with Gasteiger partial charge in [0.25, 0.3) is 11.8 Å². The Labute approximate surface area is 397 Å². The van der Waals surface area contributed by atoms with E-state index in [9.17, 15) is 43.8 Å². The number of nitrogens with two attached hydrogens (primary N) is 3. The molecule has 7 rings (SSSR count). The van der Waals surface area contributed by atoms with E-state index in [0.29, 0.717) is 49.9 Å². The third-order valence-electron chi connectivity index (χ3n) is 12.8. The van der Waals surface area contributed by atoms with Crippen molar-refractivity contribution in [1.82, 2.24) is 20.4 Å². The summed E-state index contributed by atoms with van der Waals surface area (Å²) in [6.07, 6.45) is 4.90. The van der Waals surface area contributed by atoms with Gasteiger partial charge in [0.1, 0.15) is 42.5 Å². The van der Waals surface area contributed by atoms with E-state index in [-0.39, 0.29) is 96.3 Å². The van der Waals surface area contributed by atoms with Gasteiger partial charge in [-0.2, -0.15) is 0 Å². The van der Waals surface area contributed by atoms with E-state index in [2.05, 4.69) is 16.0 Å². The number of hydrogen-bond acceptors (Lipinski definition) is 15. The molecule has 0 spiro atoms. The maximum absolute atomic E-state index is 13.9. The zero-order chi connectivity index (χ0) is 49.6. The van der Waals surface area contributed by atoms with Crippen LogP contribution in [0.5, 0.6) is 11.5 Å². The van der Waals surface area contributed by atoms with Gasteiger partial charge in [0.15, 0.2) is 5.72 Å². The zero-order valence-corrected chi connectivity index (χ0v) is 38.3. The van der Waals surface area contributed by atoms with Crippen LogP contribution in [0.1, 0.15) is 67.2 Å². The number of nitrogens with one attached hydrogen (secondary N) is 3. The Morgan fingerprint density at radius 2 is 1.59 bits per heavy atom. The van der Waals surface area contributed by atoms with Gasteiger partial charge >= 0.3 is 12.2 Å². The molecule has 0 saturated carbocycles. The summed E-state index contributed by atoms with van der Waals surface area (Å²) in [4.78, 5) is 94.1. The average Bonchev–Trinajstić information content (AvgIpc) is 3.67. The molecule has 3 aromatic rings. The van der Waals surface area contributed by atoms with E-state index in [0.717, 1.165) is 16.7 Å². The van der Waals surface area contributed by atoms with Crippen molar-refractivity contribution in [1.29, 1.82) is 0 Å². The summed E-state index contributed by atoms with van der Waals surface area (Å²) < 4.78 is 16.8. The molecule has 4 aliphatic rings. The molecule has 0 aromatic heterocycles. The molecule has 0 bridgehead atoms. The first-order chi connectivity index (χ1) is 33.1. The predicted molar refractivity (Wildman–Crippen MR) is 251 cm³/mol. The third-order valence-corrected chi connectivity index (χ3v) is 12.8. The van der Waals surface area contributed by atoms with Crippen molar-refractivity contribution in [2.24, 2.45) is 11.5 Å². The molecule has 3 aromatic carbocycles. The predicted octanol–water partition coefficient (Wildman–Crippen LogP) is 2.76. The summed E-state index contributed by atoms with van der Waals surface area (Å²) in [5, 5.41) is 30.8. The number of ether oxygens (including phenoxy) is 3. The number of methoxy groups -OCH3 is 1. The number of anilines is 3. The van der Waals surface area contributed by atoms with Crippen molar-refractivity contribution >= 4 is 64.4 Å². The van der Waals surface area contributed by atoms with Gasteiger partial charge in [-0.15, -0.1) is 0 Å². The third kappa shape index (κ3) is 10.3. The molecule has 366 valence electrons. The zero-order valence-electron chi connectivity index (χ0n) is 38.3. The fraction of sp³-hybridized carbons (Fsp3) is 0.396. The number of benzene rings is 3. The van der Waals surface area contributed by atoms with E-state index in [1.807, 2.05) is 30.3 Å². The highest BCUT2D eigenvalue weighted by Crippen LogP contribution is 2.65. The van der Waals surface area contributed by atoms with Crippen LogP contribution in [0.15, 0.2) is 73.0 Å². The number of amides is 7. The number of unbranched alkanes of at least 4 members (excludes halogenated alkanes) is 3. The molecule has 4 unspecified atom stereocenters. The Bertz CT molecular complexity index is 2540. The lowest BCUT2D eigenvalue weighted by molar-refractivity contribution is -0.137. The van der Waals surface area contributed by atoms with Crippen LogP contribution in [-0.2, 0) is 51.2 Å². The summed E-state index contributed by atoms with van der Waals surface area (Å²) in [6.45, 7) is 2.18. The van der Waals surface area contributed by atoms with Crippen molar-refractivity contribution in [2.45, 2.75) is 94.8 Å². The van der Waals surface area contributed by atoms with E-state index >= 15 is 0 Å². The second-order valence-corrected chi connectivity index (χ2v) is 17.2. The number of nitrogen functional groups attached to an aromatic ring is 1. The molecule has 4 heterocycles. The quantitative estimate of drug-likeness (QED) is 0.0145. The number of rotatable bonds is 21.